The van der Waals surface area contributed by atoms with Crippen molar-refractivity contribution in [3.63, 3.8) is 0 Å². The van der Waals surface area contributed by atoms with Gasteiger partial charge in [-0.25, -0.2) is 0 Å². The number of nitrogens with zero attached hydrogens (tertiary/aromatic N) is 2. The molecule has 0 bridgehead atoms. The summed E-state index contributed by atoms with van der Waals surface area (Å²) >= 11 is 6.37. The Morgan fingerprint density at radius 2 is 2.26 bits per heavy atom. The largest absolute Gasteiger partial charge is 0.468 e. The number of nitrogens with one attached hydrogen (secondary N) is 1. The van der Waals surface area contributed by atoms with Gasteiger partial charge in [-0.05, 0) is 32.4 Å². The second-order valence-corrected chi connectivity index (χ2v) is 4.87. The number of halogens is 1. The summed E-state index contributed by atoms with van der Waals surface area (Å²) in [6.07, 6.45) is 2.54. The molecule has 0 radical (unpaired) electrons. The van der Waals surface area contributed by atoms with Crippen molar-refractivity contribution in [3.8, 4) is 0 Å². The molecule has 0 aliphatic heterocycles. The molecule has 0 aromatic carbocycles. The van der Waals surface area contributed by atoms with Gasteiger partial charge in [-0.2, -0.15) is 5.10 Å². The van der Waals surface area contributed by atoms with Gasteiger partial charge in [0.1, 0.15) is 5.76 Å². The Labute approximate surface area is 118 Å². The third kappa shape index (κ3) is 3.01. The number of hydrogen-bond donors (Lipinski definition) is 1. The lowest BCUT2D eigenvalue weighted by Crippen LogP contribution is -2.20. The Hall–Kier alpha value is -1.26. The lowest BCUT2D eigenvalue weighted by atomic mass is 10.2. The van der Waals surface area contributed by atoms with Gasteiger partial charge in [0.05, 0.1) is 28.7 Å². The molecule has 2 aromatic heterocycles. The van der Waals surface area contributed by atoms with Crippen LogP contribution in [0.15, 0.2) is 22.8 Å². The van der Waals surface area contributed by atoms with Crippen LogP contribution < -0.4 is 5.32 Å². The summed E-state index contributed by atoms with van der Waals surface area (Å²) in [5.74, 6) is 0.925. The maximum absolute atomic E-state index is 6.37. The fraction of sp³-hybridized carbons (Fsp3) is 0.500. The normalized spacial score (nSPS) is 12.8. The zero-order valence-electron chi connectivity index (χ0n) is 11.6. The fourth-order valence-corrected chi connectivity index (χ4v) is 2.41. The number of furan rings is 1. The molecule has 0 amide bonds. The highest BCUT2D eigenvalue weighted by Crippen LogP contribution is 2.22. The lowest BCUT2D eigenvalue weighted by Gasteiger charge is -2.12. The Balaban J connectivity index is 2.08. The summed E-state index contributed by atoms with van der Waals surface area (Å²) in [5.41, 5.74) is 2.00. The maximum Gasteiger partial charge on any atom is 0.120 e. The van der Waals surface area contributed by atoms with Crippen LogP contribution in [0.5, 0.6) is 0 Å². The number of aromatic nitrogens is 2. The zero-order valence-corrected chi connectivity index (χ0v) is 12.4. The van der Waals surface area contributed by atoms with E-state index in [9.17, 15) is 0 Å². The van der Waals surface area contributed by atoms with Gasteiger partial charge in [0.25, 0.3) is 0 Å². The predicted octanol–water partition coefficient (Wildman–Crippen LogP) is 3.56. The van der Waals surface area contributed by atoms with Crippen molar-refractivity contribution in [2.75, 3.05) is 0 Å². The highest BCUT2D eigenvalue weighted by Gasteiger charge is 2.15. The van der Waals surface area contributed by atoms with Crippen LogP contribution in [0.4, 0.5) is 0 Å². The van der Waals surface area contributed by atoms with E-state index in [1.807, 2.05) is 16.8 Å². The highest BCUT2D eigenvalue weighted by atomic mass is 35.5. The molecule has 104 valence electrons. The molecule has 0 saturated carbocycles. The van der Waals surface area contributed by atoms with Crippen LogP contribution in [0.1, 0.15) is 44.0 Å². The molecule has 1 atom stereocenters. The summed E-state index contributed by atoms with van der Waals surface area (Å²) in [6.45, 7) is 7.71. The number of aryl methyl sites for hydroxylation is 2. The molecule has 0 spiro atoms. The van der Waals surface area contributed by atoms with Crippen LogP contribution in [0.3, 0.4) is 0 Å². The molecule has 0 aliphatic carbocycles. The van der Waals surface area contributed by atoms with Gasteiger partial charge < -0.3 is 9.73 Å². The Morgan fingerprint density at radius 1 is 1.47 bits per heavy atom. The molecule has 0 saturated heterocycles. The SMILES string of the molecule is CCc1nn(CC)c(CNC(C)c2ccco2)c1Cl. The summed E-state index contributed by atoms with van der Waals surface area (Å²) in [6, 6.07) is 4.01. The topological polar surface area (TPSA) is 43.0 Å². The molecule has 2 rings (SSSR count). The summed E-state index contributed by atoms with van der Waals surface area (Å²) in [7, 11) is 0. The van der Waals surface area contributed by atoms with Crippen molar-refractivity contribution in [3.05, 3.63) is 40.6 Å². The first-order chi connectivity index (χ1) is 9.17. The minimum Gasteiger partial charge on any atom is -0.468 e. The average molecular weight is 282 g/mol. The minimum atomic E-state index is 0.149. The quantitative estimate of drug-likeness (QED) is 0.880. The van der Waals surface area contributed by atoms with Crippen LogP contribution in [-0.2, 0) is 19.5 Å². The first-order valence-corrected chi connectivity index (χ1v) is 7.06. The highest BCUT2D eigenvalue weighted by molar-refractivity contribution is 6.31. The van der Waals surface area contributed by atoms with Crippen LogP contribution in [0.25, 0.3) is 0 Å². The Morgan fingerprint density at radius 3 is 2.84 bits per heavy atom. The van der Waals surface area contributed by atoms with E-state index in [1.54, 1.807) is 6.26 Å². The van der Waals surface area contributed by atoms with Gasteiger partial charge >= 0.3 is 0 Å². The summed E-state index contributed by atoms with van der Waals surface area (Å²) in [5, 5.41) is 8.70. The molecular formula is C14H20ClN3O. The summed E-state index contributed by atoms with van der Waals surface area (Å²) in [4.78, 5) is 0. The molecule has 1 unspecified atom stereocenters. The zero-order chi connectivity index (χ0) is 13.8. The van der Waals surface area contributed by atoms with E-state index in [-0.39, 0.29) is 6.04 Å². The molecular weight excluding hydrogens is 262 g/mol. The van der Waals surface area contributed by atoms with Crippen molar-refractivity contribution in [1.82, 2.24) is 15.1 Å². The standard InChI is InChI=1S/C14H20ClN3O/c1-4-11-14(15)12(18(5-2)17-11)9-16-10(3)13-7-6-8-19-13/h6-8,10,16H,4-5,9H2,1-3H3. The van der Waals surface area contributed by atoms with Gasteiger partial charge in [0.2, 0.25) is 0 Å². The molecule has 0 fully saturated rings. The first kappa shape index (κ1) is 14.2. The molecule has 19 heavy (non-hydrogen) atoms. The average Bonchev–Trinajstić information content (AvgIpc) is 3.04. The fourth-order valence-electron chi connectivity index (χ4n) is 2.07. The molecule has 5 heteroatoms. The number of hydrogen-bond acceptors (Lipinski definition) is 3. The molecule has 0 aliphatic rings. The van der Waals surface area contributed by atoms with E-state index < -0.39 is 0 Å². The smallest absolute Gasteiger partial charge is 0.120 e. The van der Waals surface area contributed by atoms with E-state index in [4.69, 9.17) is 16.0 Å². The lowest BCUT2D eigenvalue weighted by molar-refractivity contribution is 0.424. The van der Waals surface area contributed by atoms with Gasteiger partial charge in [0.15, 0.2) is 0 Å². The Bertz CT molecular complexity index is 519. The second-order valence-electron chi connectivity index (χ2n) is 4.49. The van der Waals surface area contributed by atoms with E-state index >= 15 is 0 Å². The van der Waals surface area contributed by atoms with Crippen LogP contribution in [0.2, 0.25) is 5.02 Å². The molecule has 4 nitrogen and oxygen atoms in total. The molecule has 2 heterocycles. The van der Waals surface area contributed by atoms with Gasteiger partial charge in [0, 0.05) is 13.1 Å². The third-order valence-electron chi connectivity index (χ3n) is 3.24. The van der Waals surface area contributed by atoms with Gasteiger partial charge in [-0.1, -0.05) is 18.5 Å². The van der Waals surface area contributed by atoms with Crippen molar-refractivity contribution in [1.29, 1.82) is 0 Å². The second kappa shape index (κ2) is 6.26. The summed E-state index contributed by atoms with van der Waals surface area (Å²) < 4.78 is 7.34. The van der Waals surface area contributed by atoms with Crippen molar-refractivity contribution >= 4 is 11.6 Å². The van der Waals surface area contributed by atoms with Gasteiger partial charge in [-0.15, -0.1) is 0 Å². The van der Waals surface area contributed by atoms with Crippen molar-refractivity contribution in [2.24, 2.45) is 0 Å². The predicted molar refractivity (Wildman–Crippen MR) is 76.3 cm³/mol. The molecule has 1 N–H and O–H groups in total. The number of rotatable bonds is 6. The van der Waals surface area contributed by atoms with E-state index in [2.05, 4.69) is 31.2 Å². The Kier molecular flexibility index (Phi) is 4.66. The van der Waals surface area contributed by atoms with Crippen molar-refractivity contribution in [2.45, 2.75) is 46.3 Å². The molecule has 2 aromatic rings. The third-order valence-corrected chi connectivity index (χ3v) is 3.68. The maximum atomic E-state index is 6.37. The van der Waals surface area contributed by atoms with Crippen molar-refractivity contribution < 1.29 is 4.42 Å². The monoisotopic (exact) mass is 281 g/mol. The van der Waals surface area contributed by atoms with E-state index in [0.29, 0.717) is 6.54 Å². The minimum absolute atomic E-state index is 0.149. The van der Waals surface area contributed by atoms with Crippen LogP contribution in [-0.4, -0.2) is 9.78 Å². The van der Waals surface area contributed by atoms with Crippen LogP contribution >= 0.6 is 11.6 Å². The van der Waals surface area contributed by atoms with Crippen LogP contribution in [0, 0.1) is 0 Å². The van der Waals surface area contributed by atoms with E-state index in [0.717, 1.165) is 35.1 Å². The van der Waals surface area contributed by atoms with E-state index in [1.165, 1.54) is 0 Å². The first-order valence-electron chi connectivity index (χ1n) is 6.68. The van der Waals surface area contributed by atoms with Gasteiger partial charge in [-0.3, -0.25) is 4.68 Å².